The molecular weight excluding hydrogens is 186 g/mol. The normalized spacial score (nSPS) is 17.5. The highest BCUT2D eigenvalue weighted by atomic mass is 16.3. The summed E-state index contributed by atoms with van der Waals surface area (Å²) < 4.78 is 0. The Bertz CT molecular complexity index is 293. The zero-order valence-electron chi connectivity index (χ0n) is 9.99. The fourth-order valence-corrected chi connectivity index (χ4v) is 1.69. The van der Waals surface area contributed by atoms with Crippen LogP contribution in [-0.4, -0.2) is 17.2 Å². The predicted molar refractivity (Wildman–Crippen MR) is 63.7 cm³/mol. The Balaban J connectivity index is 2.82. The number of rotatable bonds is 4. The van der Waals surface area contributed by atoms with Crippen molar-refractivity contribution in [1.29, 1.82) is 0 Å². The molecule has 84 valence electrons. The van der Waals surface area contributed by atoms with Gasteiger partial charge in [0.25, 0.3) is 0 Å². The maximum absolute atomic E-state index is 10.4. The van der Waals surface area contributed by atoms with E-state index in [0.29, 0.717) is 6.04 Å². The van der Waals surface area contributed by atoms with Crippen molar-refractivity contribution in [2.75, 3.05) is 0 Å². The van der Waals surface area contributed by atoms with E-state index in [-0.39, 0.29) is 6.04 Å². The molecule has 2 N–H and O–H groups in total. The van der Waals surface area contributed by atoms with Crippen LogP contribution in [0.1, 0.15) is 33.3 Å². The van der Waals surface area contributed by atoms with Gasteiger partial charge in [-0.3, -0.25) is 0 Å². The third kappa shape index (κ3) is 3.05. The topological polar surface area (TPSA) is 32.3 Å². The molecule has 2 nitrogen and oxygen atoms in total. The van der Waals surface area contributed by atoms with Crippen LogP contribution in [0.15, 0.2) is 30.3 Å². The van der Waals surface area contributed by atoms with Crippen molar-refractivity contribution in [2.24, 2.45) is 0 Å². The fourth-order valence-electron chi connectivity index (χ4n) is 1.69. The number of aliphatic hydroxyl groups is 1. The molecule has 0 heterocycles. The Morgan fingerprint density at radius 3 is 2.13 bits per heavy atom. The third-order valence-electron chi connectivity index (χ3n) is 2.78. The first-order valence-corrected chi connectivity index (χ1v) is 5.48. The minimum Gasteiger partial charge on any atom is -0.384 e. The first-order valence-electron chi connectivity index (χ1n) is 5.48. The second-order valence-electron chi connectivity index (χ2n) is 4.56. The molecule has 0 aliphatic heterocycles. The van der Waals surface area contributed by atoms with Crippen LogP contribution in [0.25, 0.3) is 0 Å². The Hall–Kier alpha value is -0.860. The SMILES string of the molecule is CC(C)N[C@@H](C)[C@](C)(O)c1ccccc1. The molecule has 0 unspecified atom stereocenters. The van der Waals surface area contributed by atoms with Crippen molar-refractivity contribution in [1.82, 2.24) is 5.32 Å². The quantitative estimate of drug-likeness (QED) is 0.794. The molecule has 0 saturated carbocycles. The molecule has 2 atom stereocenters. The lowest BCUT2D eigenvalue weighted by molar-refractivity contribution is 0.0187. The molecule has 0 spiro atoms. The highest BCUT2D eigenvalue weighted by Crippen LogP contribution is 2.24. The van der Waals surface area contributed by atoms with Gasteiger partial charge in [0, 0.05) is 12.1 Å². The molecule has 0 aliphatic rings. The lowest BCUT2D eigenvalue weighted by Gasteiger charge is -2.33. The summed E-state index contributed by atoms with van der Waals surface area (Å²) in [6, 6.07) is 10.2. The summed E-state index contributed by atoms with van der Waals surface area (Å²) in [7, 11) is 0. The summed E-state index contributed by atoms with van der Waals surface area (Å²) >= 11 is 0. The van der Waals surface area contributed by atoms with E-state index in [2.05, 4.69) is 19.2 Å². The zero-order chi connectivity index (χ0) is 11.5. The van der Waals surface area contributed by atoms with Gasteiger partial charge in [0.2, 0.25) is 0 Å². The Morgan fingerprint density at radius 1 is 1.13 bits per heavy atom. The standard InChI is InChI=1S/C13H21NO/c1-10(2)14-11(3)13(4,15)12-8-6-5-7-9-12/h5-11,14-15H,1-4H3/t11-,13-/m0/s1. The highest BCUT2D eigenvalue weighted by Gasteiger charge is 2.30. The van der Waals surface area contributed by atoms with Crippen molar-refractivity contribution < 1.29 is 5.11 Å². The van der Waals surface area contributed by atoms with E-state index >= 15 is 0 Å². The van der Waals surface area contributed by atoms with Crippen molar-refractivity contribution in [3.8, 4) is 0 Å². The first-order chi connectivity index (χ1) is 6.94. The van der Waals surface area contributed by atoms with Crippen molar-refractivity contribution in [2.45, 2.75) is 45.4 Å². The molecule has 0 aromatic heterocycles. The minimum atomic E-state index is -0.828. The van der Waals surface area contributed by atoms with E-state index in [1.807, 2.05) is 44.2 Å². The molecule has 0 amide bonds. The second kappa shape index (κ2) is 4.77. The average molecular weight is 207 g/mol. The highest BCUT2D eigenvalue weighted by molar-refractivity contribution is 5.23. The van der Waals surface area contributed by atoms with Crippen LogP contribution in [0.2, 0.25) is 0 Å². The second-order valence-corrected chi connectivity index (χ2v) is 4.56. The van der Waals surface area contributed by atoms with Crippen LogP contribution in [0.3, 0.4) is 0 Å². The molecular formula is C13H21NO. The van der Waals surface area contributed by atoms with Gasteiger partial charge in [-0.05, 0) is 19.4 Å². The minimum absolute atomic E-state index is 0.0277. The number of hydrogen-bond donors (Lipinski definition) is 2. The van der Waals surface area contributed by atoms with Crippen LogP contribution in [0.5, 0.6) is 0 Å². The largest absolute Gasteiger partial charge is 0.384 e. The fraction of sp³-hybridized carbons (Fsp3) is 0.538. The molecule has 0 fully saturated rings. The van der Waals surface area contributed by atoms with Crippen LogP contribution >= 0.6 is 0 Å². The summed E-state index contributed by atoms with van der Waals surface area (Å²) in [5.74, 6) is 0. The van der Waals surface area contributed by atoms with Crippen LogP contribution in [0, 0.1) is 0 Å². The summed E-state index contributed by atoms with van der Waals surface area (Å²) in [4.78, 5) is 0. The van der Waals surface area contributed by atoms with E-state index in [1.54, 1.807) is 0 Å². The smallest absolute Gasteiger partial charge is 0.102 e. The lowest BCUT2D eigenvalue weighted by Crippen LogP contribution is -2.47. The molecule has 15 heavy (non-hydrogen) atoms. The van der Waals surface area contributed by atoms with Gasteiger partial charge in [-0.1, -0.05) is 44.2 Å². The number of benzene rings is 1. The third-order valence-corrected chi connectivity index (χ3v) is 2.78. The first kappa shape index (κ1) is 12.2. The van der Waals surface area contributed by atoms with Gasteiger partial charge in [-0.2, -0.15) is 0 Å². The van der Waals surface area contributed by atoms with Gasteiger partial charge >= 0.3 is 0 Å². The Labute approximate surface area is 92.3 Å². The molecule has 1 rings (SSSR count). The van der Waals surface area contributed by atoms with E-state index in [1.165, 1.54) is 0 Å². The number of nitrogens with one attached hydrogen (secondary N) is 1. The maximum Gasteiger partial charge on any atom is 0.102 e. The summed E-state index contributed by atoms with van der Waals surface area (Å²) in [6.45, 7) is 8.02. The number of hydrogen-bond acceptors (Lipinski definition) is 2. The molecule has 1 aromatic rings. The zero-order valence-corrected chi connectivity index (χ0v) is 9.99. The van der Waals surface area contributed by atoms with Crippen LogP contribution in [0.4, 0.5) is 0 Å². The van der Waals surface area contributed by atoms with E-state index in [9.17, 15) is 5.11 Å². The lowest BCUT2D eigenvalue weighted by atomic mass is 9.89. The monoisotopic (exact) mass is 207 g/mol. The van der Waals surface area contributed by atoms with Gasteiger partial charge in [0.15, 0.2) is 0 Å². The molecule has 2 heteroatoms. The van der Waals surface area contributed by atoms with Gasteiger partial charge in [-0.25, -0.2) is 0 Å². The van der Waals surface area contributed by atoms with Crippen molar-refractivity contribution in [3.63, 3.8) is 0 Å². The van der Waals surface area contributed by atoms with Gasteiger partial charge in [-0.15, -0.1) is 0 Å². The van der Waals surface area contributed by atoms with Crippen molar-refractivity contribution in [3.05, 3.63) is 35.9 Å². The van der Waals surface area contributed by atoms with E-state index in [4.69, 9.17) is 0 Å². The van der Waals surface area contributed by atoms with Gasteiger partial charge in [0.1, 0.15) is 5.60 Å². The van der Waals surface area contributed by atoms with Crippen molar-refractivity contribution >= 4 is 0 Å². The molecule has 1 aromatic carbocycles. The molecule has 0 radical (unpaired) electrons. The summed E-state index contributed by atoms with van der Waals surface area (Å²) in [5, 5.41) is 13.8. The Morgan fingerprint density at radius 2 is 1.67 bits per heavy atom. The Kier molecular flexibility index (Phi) is 3.89. The van der Waals surface area contributed by atoms with Gasteiger partial charge in [0.05, 0.1) is 0 Å². The molecule has 0 saturated heterocycles. The van der Waals surface area contributed by atoms with Gasteiger partial charge < -0.3 is 10.4 Å². The maximum atomic E-state index is 10.4. The van der Waals surface area contributed by atoms with Crippen LogP contribution < -0.4 is 5.32 Å². The van der Waals surface area contributed by atoms with E-state index in [0.717, 1.165) is 5.56 Å². The molecule has 0 bridgehead atoms. The predicted octanol–water partition coefficient (Wildman–Crippen LogP) is 2.28. The van der Waals surface area contributed by atoms with E-state index < -0.39 is 5.60 Å². The summed E-state index contributed by atoms with van der Waals surface area (Å²) in [5.41, 5.74) is 0.122. The molecule has 0 aliphatic carbocycles. The van der Waals surface area contributed by atoms with Crippen LogP contribution in [-0.2, 0) is 5.60 Å². The average Bonchev–Trinajstić information content (AvgIpc) is 2.18. The summed E-state index contributed by atoms with van der Waals surface area (Å²) in [6.07, 6.45) is 0.